The van der Waals surface area contributed by atoms with Crippen molar-refractivity contribution in [1.82, 2.24) is 15.2 Å². The van der Waals surface area contributed by atoms with E-state index in [0.717, 1.165) is 12.2 Å². The van der Waals surface area contributed by atoms with Gasteiger partial charge in [0.1, 0.15) is 12.2 Å². The second kappa shape index (κ2) is 3.08. The van der Waals surface area contributed by atoms with Gasteiger partial charge in [0.25, 0.3) is 0 Å². The summed E-state index contributed by atoms with van der Waals surface area (Å²) in [6, 6.07) is 0. The van der Waals surface area contributed by atoms with Crippen molar-refractivity contribution in [3.63, 3.8) is 0 Å². The molecule has 1 fully saturated rings. The minimum Gasteiger partial charge on any atom is -0.348 e. The summed E-state index contributed by atoms with van der Waals surface area (Å²) >= 11 is 0. The van der Waals surface area contributed by atoms with Gasteiger partial charge in [-0.15, -0.1) is 0 Å². The third-order valence-electron chi connectivity index (χ3n) is 1.95. The van der Waals surface area contributed by atoms with Crippen LogP contribution >= 0.6 is 0 Å². The van der Waals surface area contributed by atoms with Crippen LogP contribution in [0, 0.1) is 0 Å². The van der Waals surface area contributed by atoms with Crippen LogP contribution in [0.5, 0.6) is 0 Å². The van der Waals surface area contributed by atoms with Gasteiger partial charge >= 0.3 is 0 Å². The molecular formula is C8H13N3O2. The van der Waals surface area contributed by atoms with Crippen LogP contribution in [0.15, 0.2) is 6.33 Å². The molecule has 1 aliphatic heterocycles. The lowest BCUT2D eigenvalue weighted by Crippen LogP contribution is -2.22. The van der Waals surface area contributed by atoms with Crippen molar-refractivity contribution in [1.29, 1.82) is 0 Å². The molecule has 1 aromatic heterocycles. The van der Waals surface area contributed by atoms with Gasteiger partial charge in [0.2, 0.25) is 0 Å². The van der Waals surface area contributed by atoms with Crippen LogP contribution in [0.1, 0.15) is 19.7 Å². The van der Waals surface area contributed by atoms with Gasteiger partial charge in [0, 0.05) is 6.42 Å². The third kappa shape index (κ3) is 2.05. The predicted octanol–water partition coefficient (Wildman–Crippen LogP) is 0.499. The number of H-pyrrole nitrogens is 1. The first-order valence-corrected chi connectivity index (χ1v) is 4.32. The second-order valence-electron chi connectivity index (χ2n) is 3.59. The van der Waals surface area contributed by atoms with Crippen molar-refractivity contribution in [2.75, 3.05) is 6.61 Å². The minimum atomic E-state index is -0.454. The van der Waals surface area contributed by atoms with Gasteiger partial charge in [-0.05, 0) is 13.8 Å². The van der Waals surface area contributed by atoms with Gasteiger partial charge in [-0.2, -0.15) is 5.10 Å². The summed E-state index contributed by atoms with van der Waals surface area (Å²) < 4.78 is 11.0. The molecule has 0 bridgehead atoms. The van der Waals surface area contributed by atoms with Crippen LogP contribution in [0.4, 0.5) is 0 Å². The average molecular weight is 183 g/mol. The first-order chi connectivity index (χ1) is 6.16. The minimum absolute atomic E-state index is 0.0861. The highest BCUT2D eigenvalue weighted by Crippen LogP contribution is 2.23. The van der Waals surface area contributed by atoms with E-state index < -0.39 is 5.79 Å². The fourth-order valence-corrected chi connectivity index (χ4v) is 1.41. The monoisotopic (exact) mass is 183 g/mol. The molecule has 0 radical (unpaired) electrons. The Balaban J connectivity index is 1.91. The van der Waals surface area contributed by atoms with E-state index in [1.807, 2.05) is 13.8 Å². The van der Waals surface area contributed by atoms with Gasteiger partial charge in [0.05, 0.1) is 12.7 Å². The summed E-state index contributed by atoms with van der Waals surface area (Å²) in [4.78, 5) is 4.03. The van der Waals surface area contributed by atoms with Gasteiger partial charge in [-0.25, -0.2) is 4.98 Å². The Morgan fingerprint density at radius 2 is 2.54 bits per heavy atom. The molecule has 2 heterocycles. The summed E-state index contributed by atoms with van der Waals surface area (Å²) in [7, 11) is 0. The summed E-state index contributed by atoms with van der Waals surface area (Å²) in [5.74, 6) is 0.385. The van der Waals surface area contributed by atoms with E-state index in [1.165, 1.54) is 6.33 Å². The van der Waals surface area contributed by atoms with Crippen molar-refractivity contribution in [2.45, 2.75) is 32.2 Å². The lowest BCUT2D eigenvalue weighted by atomic mass is 10.2. The summed E-state index contributed by atoms with van der Waals surface area (Å²) in [5.41, 5.74) is 0. The molecule has 0 aromatic carbocycles. The van der Waals surface area contributed by atoms with Gasteiger partial charge < -0.3 is 9.47 Å². The summed E-state index contributed by atoms with van der Waals surface area (Å²) in [6.07, 6.45) is 2.31. The number of nitrogens with zero attached hydrogens (tertiary/aromatic N) is 2. The topological polar surface area (TPSA) is 60.0 Å². The molecule has 1 aliphatic rings. The van der Waals surface area contributed by atoms with Crippen LogP contribution in [0.3, 0.4) is 0 Å². The summed E-state index contributed by atoms with van der Waals surface area (Å²) in [6.45, 7) is 4.44. The second-order valence-corrected chi connectivity index (χ2v) is 3.59. The first kappa shape index (κ1) is 8.65. The van der Waals surface area contributed by atoms with Crippen molar-refractivity contribution in [3.05, 3.63) is 12.2 Å². The molecule has 13 heavy (non-hydrogen) atoms. The van der Waals surface area contributed by atoms with E-state index in [-0.39, 0.29) is 6.10 Å². The van der Waals surface area contributed by atoms with Crippen molar-refractivity contribution in [3.8, 4) is 0 Å². The number of rotatable bonds is 2. The number of ether oxygens (including phenoxy) is 2. The summed E-state index contributed by atoms with van der Waals surface area (Å²) in [5, 5.41) is 6.56. The van der Waals surface area contributed by atoms with Crippen molar-refractivity contribution < 1.29 is 9.47 Å². The van der Waals surface area contributed by atoms with Gasteiger partial charge in [-0.1, -0.05) is 0 Å². The van der Waals surface area contributed by atoms with E-state index in [0.29, 0.717) is 6.61 Å². The molecule has 1 saturated heterocycles. The third-order valence-corrected chi connectivity index (χ3v) is 1.95. The Labute approximate surface area is 76.5 Å². The molecule has 5 heteroatoms. The highest BCUT2D eigenvalue weighted by molar-refractivity contribution is 4.86. The molecular weight excluding hydrogens is 170 g/mol. The number of hydrogen-bond acceptors (Lipinski definition) is 4. The molecule has 0 amide bonds. The van der Waals surface area contributed by atoms with Crippen molar-refractivity contribution in [2.24, 2.45) is 0 Å². The van der Waals surface area contributed by atoms with Crippen LogP contribution in [-0.4, -0.2) is 33.7 Å². The Morgan fingerprint density at radius 1 is 1.69 bits per heavy atom. The number of aromatic nitrogens is 3. The van der Waals surface area contributed by atoms with Crippen LogP contribution in [-0.2, 0) is 15.9 Å². The molecule has 0 spiro atoms. The molecule has 1 aromatic rings. The van der Waals surface area contributed by atoms with E-state index in [1.54, 1.807) is 0 Å². The fourth-order valence-electron chi connectivity index (χ4n) is 1.41. The highest BCUT2D eigenvalue weighted by Gasteiger charge is 2.32. The molecule has 72 valence electrons. The molecule has 1 unspecified atom stereocenters. The lowest BCUT2D eigenvalue weighted by Gasteiger charge is -2.16. The average Bonchev–Trinajstić information content (AvgIpc) is 2.61. The normalized spacial score (nSPS) is 26.5. The lowest BCUT2D eigenvalue weighted by molar-refractivity contribution is -0.138. The Bertz CT molecular complexity index is 271. The maximum atomic E-state index is 5.61. The standard InChI is InChI=1S/C8H13N3O2/c1-8(2)12-4-6(13-8)3-7-9-5-10-11-7/h5-6H,3-4H2,1-2H3,(H,9,10,11). The molecule has 0 saturated carbocycles. The van der Waals surface area contributed by atoms with E-state index in [9.17, 15) is 0 Å². The molecule has 2 rings (SSSR count). The molecule has 0 aliphatic carbocycles. The zero-order valence-corrected chi connectivity index (χ0v) is 7.78. The van der Waals surface area contributed by atoms with Crippen molar-refractivity contribution >= 4 is 0 Å². The molecule has 5 nitrogen and oxygen atoms in total. The van der Waals surface area contributed by atoms with Crippen LogP contribution < -0.4 is 0 Å². The van der Waals surface area contributed by atoms with Crippen LogP contribution in [0.2, 0.25) is 0 Å². The number of nitrogens with one attached hydrogen (secondary N) is 1. The fraction of sp³-hybridized carbons (Fsp3) is 0.750. The first-order valence-electron chi connectivity index (χ1n) is 4.32. The Kier molecular flexibility index (Phi) is 2.05. The molecule has 1 atom stereocenters. The smallest absolute Gasteiger partial charge is 0.163 e. The number of hydrogen-bond donors (Lipinski definition) is 1. The van der Waals surface area contributed by atoms with E-state index in [2.05, 4.69) is 15.2 Å². The highest BCUT2D eigenvalue weighted by atomic mass is 16.7. The predicted molar refractivity (Wildman–Crippen MR) is 45.0 cm³/mol. The Morgan fingerprint density at radius 3 is 3.08 bits per heavy atom. The maximum absolute atomic E-state index is 5.61. The zero-order valence-electron chi connectivity index (χ0n) is 7.78. The quantitative estimate of drug-likeness (QED) is 0.725. The SMILES string of the molecule is CC1(C)OCC(Cc2ncn[nH]2)O1. The molecule has 1 N–H and O–H groups in total. The van der Waals surface area contributed by atoms with Gasteiger partial charge in [0.15, 0.2) is 5.79 Å². The van der Waals surface area contributed by atoms with Gasteiger partial charge in [-0.3, -0.25) is 5.10 Å². The maximum Gasteiger partial charge on any atom is 0.163 e. The number of aromatic amines is 1. The van der Waals surface area contributed by atoms with E-state index >= 15 is 0 Å². The van der Waals surface area contributed by atoms with E-state index in [4.69, 9.17) is 9.47 Å². The van der Waals surface area contributed by atoms with Crippen LogP contribution in [0.25, 0.3) is 0 Å². The zero-order chi connectivity index (χ0) is 9.31. The largest absolute Gasteiger partial charge is 0.348 e. The Hall–Kier alpha value is -0.940.